The lowest BCUT2D eigenvalue weighted by Gasteiger charge is -2.31. The van der Waals surface area contributed by atoms with E-state index in [1.54, 1.807) is 5.38 Å². The molecule has 0 unspecified atom stereocenters. The maximum absolute atomic E-state index is 13.0. The van der Waals surface area contributed by atoms with Crippen molar-refractivity contribution in [2.75, 3.05) is 18.4 Å². The number of amides is 2. The Morgan fingerprint density at radius 2 is 1.83 bits per heavy atom. The van der Waals surface area contributed by atoms with Gasteiger partial charge in [0.15, 0.2) is 5.82 Å². The largest absolute Gasteiger partial charge is 0.342 e. The highest BCUT2D eigenvalue weighted by Crippen LogP contribution is 2.32. The van der Waals surface area contributed by atoms with Crippen molar-refractivity contribution in [3.63, 3.8) is 0 Å². The van der Waals surface area contributed by atoms with Crippen molar-refractivity contribution in [2.45, 2.75) is 32.1 Å². The van der Waals surface area contributed by atoms with Crippen LogP contribution < -0.4 is 5.32 Å². The van der Waals surface area contributed by atoms with Crippen molar-refractivity contribution in [1.29, 1.82) is 0 Å². The number of anilines is 1. The maximum Gasteiger partial charge on any atom is 0.276 e. The number of H-pyrrole nitrogens is 1. The molecule has 184 valence electrons. The van der Waals surface area contributed by atoms with Crippen molar-refractivity contribution >= 4 is 40.6 Å². The van der Waals surface area contributed by atoms with Crippen LogP contribution in [0, 0.1) is 6.92 Å². The molecule has 5 rings (SSSR count). The molecule has 36 heavy (non-hydrogen) atoms. The number of aromatic amines is 1. The van der Waals surface area contributed by atoms with Crippen LogP contribution in [0.2, 0.25) is 5.02 Å². The first-order valence-electron chi connectivity index (χ1n) is 11.9. The summed E-state index contributed by atoms with van der Waals surface area (Å²) in [4.78, 5) is 32.2. The highest BCUT2D eigenvalue weighted by atomic mass is 35.5. The molecule has 1 aliphatic heterocycles. The van der Waals surface area contributed by atoms with E-state index >= 15 is 0 Å². The minimum Gasteiger partial charge on any atom is -0.342 e. The van der Waals surface area contributed by atoms with E-state index in [4.69, 9.17) is 11.6 Å². The third-order valence-corrected chi connectivity index (χ3v) is 7.87. The molecule has 1 saturated heterocycles. The Morgan fingerprint density at radius 1 is 1.11 bits per heavy atom. The van der Waals surface area contributed by atoms with E-state index in [9.17, 15) is 9.59 Å². The summed E-state index contributed by atoms with van der Waals surface area (Å²) >= 11 is 7.71. The van der Waals surface area contributed by atoms with Crippen LogP contribution in [0.1, 0.15) is 45.5 Å². The number of nitrogens with one attached hydrogen (secondary N) is 2. The van der Waals surface area contributed by atoms with E-state index in [2.05, 4.69) is 20.5 Å². The smallest absolute Gasteiger partial charge is 0.276 e. The fraction of sp³-hybridized carbons (Fsp3) is 0.259. The zero-order valence-corrected chi connectivity index (χ0v) is 21.4. The predicted octanol–water partition coefficient (Wildman–Crippen LogP) is 5.70. The van der Waals surface area contributed by atoms with E-state index in [0.717, 1.165) is 40.2 Å². The van der Waals surface area contributed by atoms with Crippen LogP contribution in [0.15, 0.2) is 60.0 Å². The molecular formula is C27H26ClN5O2S. The van der Waals surface area contributed by atoms with Gasteiger partial charge in [-0.15, -0.1) is 11.3 Å². The second-order valence-electron chi connectivity index (χ2n) is 8.89. The summed E-state index contributed by atoms with van der Waals surface area (Å²) < 4.78 is 0. The van der Waals surface area contributed by atoms with Crippen molar-refractivity contribution in [1.82, 2.24) is 20.1 Å². The zero-order chi connectivity index (χ0) is 25.1. The molecule has 2 aromatic carbocycles. The molecule has 9 heteroatoms. The monoisotopic (exact) mass is 519 g/mol. The lowest BCUT2D eigenvalue weighted by Crippen LogP contribution is -2.38. The van der Waals surface area contributed by atoms with Gasteiger partial charge in [0.2, 0.25) is 5.91 Å². The summed E-state index contributed by atoms with van der Waals surface area (Å²) in [5.41, 5.74) is 3.96. The van der Waals surface area contributed by atoms with Gasteiger partial charge in [-0.3, -0.25) is 14.7 Å². The summed E-state index contributed by atoms with van der Waals surface area (Å²) in [7, 11) is 0. The van der Waals surface area contributed by atoms with Gasteiger partial charge < -0.3 is 10.2 Å². The molecule has 1 aliphatic rings. The molecule has 1 fully saturated rings. The average molecular weight is 520 g/mol. The highest BCUT2D eigenvalue weighted by Gasteiger charge is 2.27. The van der Waals surface area contributed by atoms with Crippen molar-refractivity contribution in [3.8, 4) is 11.1 Å². The van der Waals surface area contributed by atoms with Crippen molar-refractivity contribution in [2.24, 2.45) is 0 Å². The summed E-state index contributed by atoms with van der Waals surface area (Å²) in [6.07, 6.45) is 1.95. The molecule has 4 aromatic rings. The van der Waals surface area contributed by atoms with Gasteiger partial charge in [-0.1, -0.05) is 60.1 Å². The van der Waals surface area contributed by atoms with Crippen molar-refractivity contribution in [3.05, 3.63) is 87.0 Å². The standard InChI is InChI=1S/C27H26ClN5O2S/c1-17-24(18-7-3-2-4-8-18)25(32-31-17)30-26(35)22-16-36-27(29-22)19-11-13-33(14-12-19)23(34)15-20-9-5-6-10-21(20)28/h2-10,16,19H,11-15H2,1H3,(H2,30,31,32,35). The number of carbonyl (C=O) groups excluding carboxylic acids is 2. The first kappa shape index (κ1) is 24.2. The van der Waals surface area contributed by atoms with Gasteiger partial charge in [0.25, 0.3) is 5.91 Å². The third kappa shape index (κ3) is 5.20. The normalized spacial score (nSPS) is 14.1. The van der Waals surface area contributed by atoms with Gasteiger partial charge in [0.05, 0.1) is 11.4 Å². The molecule has 0 bridgehead atoms. The lowest BCUT2D eigenvalue weighted by molar-refractivity contribution is -0.131. The molecule has 2 aromatic heterocycles. The predicted molar refractivity (Wildman–Crippen MR) is 143 cm³/mol. The number of piperidine rings is 1. The number of hydrogen-bond donors (Lipinski definition) is 2. The quantitative estimate of drug-likeness (QED) is 0.342. The van der Waals surface area contributed by atoms with Crippen LogP contribution in [0.3, 0.4) is 0 Å². The van der Waals surface area contributed by atoms with Crippen LogP contribution in [-0.2, 0) is 11.2 Å². The van der Waals surface area contributed by atoms with Gasteiger partial charge in [-0.2, -0.15) is 5.10 Å². The molecular weight excluding hydrogens is 494 g/mol. The van der Waals surface area contributed by atoms with Gasteiger partial charge in [0, 0.05) is 40.7 Å². The highest BCUT2D eigenvalue weighted by molar-refractivity contribution is 7.10. The summed E-state index contributed by atoms with van der Waals surface area (Å²) in [5, 5.41) is 13.5. The Hall–Kier alpha value is -3.49. The van der Waals surface area contributed by atoms with Crippen molar-refractivity contribution < 1.29 is 9.59 Å². The summed E-state index contributed by atoms with van der Waals surface area (Å²) in [5.74, 6) is 0.523. The molecule has 0 saturated carbocycles. The molecule has 0 aliphatic carbocycles. The fourth-order valence-electron chi connectivity index (χ4n) is 4.52. The summed E-state index contributed by atoms with van der Waals surface area (Å²) in [6, 6.07) is 17.3. The Labute approximate surface area is 218 Å². The second-order valence-corrected chi connectivity index (χ2v) is 10.2. The number of benzene rings is 2. The van der Waals surface area contributed by atoms with Gasteiger partial charge in [-0.25, -0.2) is 4.98 Å². The molecule has 0 atom stereocenters. The Bertz CT molecular complexity index is 1380. The van der Waals surface area contributed by atoms with Gasteiger partial charge in [0.1, 0.15) is 5.69 Å². The number of thiazole rings is 1. The first-order valence-corrected chi connectivity index (χ1v) is 13.1. The fourth-order valence-corrected chi connectivity index (χ4v) is 5.69. The number of aromatic nitrogens is 3. The molecule has 7 nitrogen and oxygen atoms in total. The SMILES string of the molecule is Cc1[nH]nc(NC(=O)c2csc(C3CCN(C(=O)Cc4ccccc4Cl)CC3)n2)c1-c1ccccc1. The minimum atomic E-state index is -0.284. The number of likely N-dealkylation sites (tertiary alicyclic amines) is 1. The number of hydrogen-bond acceptors (Lipinski definition) is 5. The Balaban J connectivity index is 1.20. The van der Waals surface area contributed by atoms with E-state index in [-0.39, 0.29) is 17.7 Å². The van der Waals surface area contributed by atoms with E-state index in [1.807, 2.05) is 66.4 Å². The van der Waals surface area contributed by atoms with Gasteiger partial charge in [-0.05, 0) is 37.0 Å². The molecule has 3 heterocycles. The average Bonchev–Trinajstić information content (AvgIpc) is 3.53. The summed E-state index contributed by atoms with van der Waals surface area (Å²) in [6.45, 7) is 3.27. The van der Waals surface area contributed by atoms with E-state index < -0.39 is 0 Å². The maximum atomic E-state index is 13.0. The molecule has 2 N–H and O–H groups in total. The van der Waals surface area contributed by atoms with Crippen LogP contribution in [-0.4, -0.2) is 45.0 Å². The van der Waals surface area contributed by atoms with Gasteiger partial charge >= 0.3 is 0 Å². The third-order valence-electron chi connectivity index (χ3n) is 6.49. The Morgan fingerprint density at radius 3 is 2.58 bits per heavy atom. The van der Waals surface area contributed by atoms with Crippen LogP contribution in [0.5, 0.6) is 0 Å². The number of carbonyl (C=O) groups is 2. The topological polar surface area (TPSA) is 91.0 Å². The Kier molecular flexibility index (Phi) is 7.16. The molecule has 0 spiro atoms. The number of halogens is 1. The van der Waals surface area contributed by atoms with E-state index in [0.29, 0.717) is 36.0 Å². The van der Waals surface area contributed by atoms with Crippen LogP contribution >= 0.6 is 22.9 Å². The van der Waals surface area contributed by atoms with E-state index in [1.165, 1.54) is 11.3 Å². The molecule has 0 radical (unpaired) electrons. The first-order chi connectivity index (χ1) is 17.5. The van der Waals surface area contributed by atoms with Crippen LogP contribution in [0.4, 0.5) is 5.82 Å². The number of rotatable bonds is 6. The number of nitrogens with zero attached hydrogens (tertiary/aromatic N) is 3. The minimum absolute atomic E-state index is 0.0873. The van der Waals surface area contributed by atoms with Crippen LogP contribution in [0.25, 0.3) is 11.1 Å². The second kappa shape index (κ2) is 10.6. The lowest BCUT2D eigenvalue weighted by atomic mass is 9.97. The zero-order valence-electron chi connectivity index (χ0n) is 19.8. The molecule has 2 amide bonds. The number of aryl methyl sites for hydroxylation is 1.